The predicted molar refractivity (Wildman–Crippen MR) is 102 cm³/mol. The lowest BCUT2D eigenvalue weighted by Crippen LogP contribution is -2.32. The molecular weight excluding hydrogens is 377 g/mol. The second-order valence-electron chi connectivity index (χ2n) is 6.77. The number of carboxylic acid groups (broad SMARTS) is 1. The Balaban J connectivity index is 0.00000210. The smallest absolute Gasteiger partial charge is 0.341 e. The van der Waals surface area contributed by atoms with Gasteiger partial charge in [0.25, 0.3) is 0 Å². The van der Waals surface area contributed by atoms with E-state index in [4.69, 9.17) is 4.74 Å². The maximum atomic E-state index is 15.0. The van der Waals surface area contributed by atoms with Gasteiger partial charge in [-0.15, -0.1) is 12.4 Å². The number of carboxylic acids is 1. The Labute approximate surface area is 161 Å². The molecule has 2 aliphatic heterocycles. The van der Waals surface area contributed by atoms with Gasteiger partial charge >= 0.3 is 5.97 Å². The number of rotatable bonds is 2. The van der Waals surface area contributed by atoms with E-state index in [1.54, 1.807) is 4.57 Å². The summed E-state index contributed by atoms with van der Waals surface area (Å²) in [6.07, 6.45) is 2.22. The molecule has 1 atom stereocenters. The molecule has 0 saturated carbocycles. The number of benzene rings is 1. The van der Waals surface area contributed by atoms with Crippen LogP contribution in [-0.2, 0) is 0 Å². The van der Waals surface area contributed by atoms with Crippen molar-refractivity contribution in [3.05, 3.63) is 33.9 Å². The van der Waals surface area contributed by atoms with Gasteiger partial charge in [0.15, 0.2) is 11.6 Å². The average molecular weight is 398 g/mol. The maximum absolute atomic E-state index is 15.0. The molecule has 0 aliphatic carbocycles. The number of pyridine rings is 1. The number of halogens is 2. The Kier molecular flexibility index (Phi) is 5.30. The summed E-state index contributed by atoms with van der Waals surface area (Å²) in [5.74, 6) is -1.55. The molecule has 1 unspecified atom stereocenters. The molecule has 0 amide bonds. The van der Waals surface area contributed by atoms with Crippen LogP contribution in [0.25, 0.3) is 10.9 Å². The first kappa shape index (κ1) is 19.4. The zero-order valence-electron chi connectivity index (χ0n) is 14.8. The number of anilines is 1. The van der Waals surface area contributed by atoms with E-state index in [1.807, 2.05) is 11.8 Å². The molecule has 4 rings (SSSR count). The predicted octanol–water partition coefficient (Wildman–Crippen LogP) is 2.01. The van der Waals surface area contributed by atoms with Gasteiger partial charge in [0.2, 0.25) is 5.43 Å². The minimum absolute atomic E-state index is 0. The van der Waals surface area contributed by atoms with Gasteiger partial charge in [0, 0.05) is 25.8 Å². The van der Waals surface area contributed by atoms with Crippen LogP contribution in [0.1, 0.15) is 29.7 Å². The van der Waals surface area contributed by atoms with Gasteiger partial charge in [-0.2, -0.15) is 0 Å². The Hall–Kier alpha value is -2.32. The van der Waals surface area contributed by atoms with Crippen molar-refractivity contribution in [1.29, 1.82) is 0 Å². The van der Waals surface area contributed by atoms with Gasteiger partial charge in [-0.1, -0.05) is 0 Å². The molecule has 2 N–H and O–H groups in total. The standard InChI is InChI=1S/C18H20FN3O4.ClH/c1-10-9-26-17-14-11(16(23)12(18(24)25)8-22(10)14)7-13(19)15(17)21-5-2-3-20-4-6-21;/h7-8,10,20H,2-6,9H2,1H3,(H,24,25);1H. The molecule has 9 heteroatoms. The summed E-state index contributed by atoms with van der Waals surface area (Å²) in [4.78, 5) is 25.9. The number of hydrogen-bond donors (Lipinski definition) is 2. The lowest BCUT2D eigenvalue weighted by molar-refractivity contribution is 0.0694. The van der Waals surface area contributed by atoms with Crippen molar-refractivity contribution >= 4 is 35.0 Å². The molecule has 1 aromatic carbocycles. The number of ether oxygens (including phenoxy) is 1. The van der Waals surface area contributed by atoms with Crippen LogP contribution in [0.3, 0.4) is 0 Å². The molecule has 0 bridgehead atoms. The number of nitrogens with one attached hydrogen (secondary N) is 1. The van der Waals surface area contributed by atoms with Crippen LogP contribution in [0.2, 0.25) is 0 Å². The minimum Gasteiger partial charge on any atom is -0.487 e. The van der Waals surface area contributed by atoms with Crippen LogP contribution < -0.4 is 20.4 Å². The minimum atomic E-state index is -1.32. The third-order valence-electron chi connectivity index (χ3n) is 5.03. The number of hydrogen-bond acceptors (Lipinski definition) is 5. The molecule has 7 nitrogen and oxygen atoms in total. The fourth-order valence-electron chi connectivity index (χ4n) is 3.73. The summed E-state index contributed by atoms with van der Waals surface area (Å²) in [5.41, 5.74) is -0.231. The van der Waals surface area contributed by atoms with Gasteiger partial charge in [0.1, 0.15) is 17.9 Å². The van der Waals surface area contributed by atoms with E-state index in [-0.39, 0.29) is 36.0 Å². The topological polar surface area (TPSA) is 83.8 Å². The van der Waals surface area contributed by atoms with Crippen LogP contribution in [0, 0.1) is 5.82 Å². The third-order valence-corrected chi connectivity index (χ3v) is 5.03. The van der Waals surface area contributed by atoms with E-state index in [9.17, 15) is 14.7 Å². The highest BCUT2D eigenvalue weighted by Crippen LogP contribution is 2.41. The molecule has 1 saturated heterocycles. The monoisotopic (exact) mass is 397 g/mol. The van der Waals surface area contributed by atoms with Crippen molar-refractivity contribution in [2.24, 2.45) is 0 Å². The second-order valence-corrected chi connectivity index (χ2v) is 6.77. The summed E-state index contributed by atoms with van der Waals surface area (Å²) >= 11 is 0. The van der Waals surface area contributed by atoms with Gasteiger partial charge in [0.05, 0.1) is 16.9 Å². The zero-order valence-corrected chi connectivity index (χ0v) is 15.6. The third kappa shape index (κ3) is 3.12. The Bertz CT molecular complexity index is 954. The quantitative estimate of drug-likeness (QED) is 0.806. The average Bonchev–Trinajstić information content (AvgIpc) is 2.88. The molecule has 1 fully saturated rings. The van der Waals surface area contributed by atoms with E-state index in [0.717, 1.165) is 25.6 Å². The molecule has 3 heterocycles. The van der Waals surface area contributed by atoms with Crippen molar-refractivity contribution in [3.8, 4) is 5.75 Å². The Morgan fingerprint density at radius 3 is 2.89 bits per heavy atom. The highest BCUT2D eigenvalue weighted by molar-refractivity contribution is 5.97. The first-order chi connectivity index (χ1) is 12.5. The normalized spacial score (nSPS) is 19.2. The van der Waals surface area contributed by atoms with Crippen molar-refractivity contribution in [1.82, 2.24) is 9.88 Å². The summed E-state index contributed by atoms with van der Waals surface area (Å²) in [6.45, 7) is 5.07. The SMILES string of the molecule is CC1COc2c(N3CCCNCC3)c(F)cc3c(=O)c(C(=O)O)cn1c23.Cl. The van der Waals surface area contributed by atoms with Crippen LogP contribution in [0.4, 0.5) is 10.1 Å². The summed E-state index contributed by atoms with van der Waals surface area (Å²) in [6, 6.07) is 0.993. The van der Waals surface area contributed by atoms with E-state index < -0.39 is 17.2 Å². The molecule has 2 aliphatic rings. The van der Waals surface area contributed by atoms with E-state index >= 15 is 4.39 Å². The van der Waals surface area contributed by atoms with Gasteiger partial charge in [-0.25, -0.2) is 9.18 Å². The maximum Gasteiger partial charge on any atom is 0.341 e. The first-order valence-corrected chi connectivity index (χ1v) is 8.72. The van der Waals surface area contributed by atoms with Crippen LogP contribution in [-0.4, -0.2) is 48.4 Å². The number of carbonyl (C=O) groups is 1. The van der Waals surface area contributed by atoms with Crippen molar-refractivity contribution in [2.45, 2.75) is 19.4 Å². The van der Waals surface area contributed by atoms with Crippen LogP contribution in [0.15, 0.2) is 17.1 Å². The van der Waals surface area contributed by atoms with Crippen molar-refractivity contribution in [2.75, 3.05) is 37.7 Å². The second kappa shape index (κ2) is 7.36. The summed E-state index contributed by atoms with van der Waals surface area (Å²) in [7, 11) is 0. The zero-order chi connectivity index (χ0) is 18.4. The Morgan fingerprint density at radius 2 is 2.15 bits per heavy atom. The fourth-order valence-corrected chi connectivity index (χ4v) is 3.73. The fraction of sp³-hybridized carbons (Fsp3) is 0.444. The van der Waals surface area contributed by atoms with E-state index in [1.165, 1.54) is 6.20 Å². The summed E-state index contributed by atoms with van der Waals surface area (Å²) < 4.78 is 22.6. The van der Waals surface area contributed by atoms with Gasteiger partial charge < -0.3 is 24.6 Å². The molecule has 1 aromatic heterocycles. The molecular formula is C18H21ClFN3O4. The highest BCUT2D eigenvalue weighted by Gasteiger charge is 2.30. The molecule has 0 radical (unpaired) electrons. The lowest BCUT2D eigenvalue weighted by atomic mass is 10.1. The number of aromatic nitrogens is 1. The van der Waals surface area contributed by atoms with Crippen LogP contribution >= 0.6 is 12.4 Å². The highest BCUT2D eigenvalue weighted by atomic mass is 35.5. The van der Waals surface area contributed by atoms with Crippen molar-refractivity contribution < 1.29 is 19.0 Å². The van der Waals surface area contributed by atoms with Gasteiger partial charge in [-0.3, -0.25) is 4.79 Å². The largest absolute Gasteiger partial charge is 0.487 e. The Morgan fingerprint density at radius 1 is 1.37 bits per heavy atom. The van der Waals surface area contributed by atoms with Crippen LogP contribution in [0.5, 0.6) is 5.75 Å². The lowest BCUT2D eigenvalue weighted by Gasteiger charge is -2.32. The number of nitrogens with zero attached hydrogens (tertiary/aromatic N) is 2. The first-order valence-electron chi connectivity index (χ1n) is 8.72. The number of aromatic carboxylic acids is 1. The van der Waals surface area contributed by atoms with Crippen molar-refractivity contribution in [3.63, 3.8) is 0 Å². The van der Waals surface area contributed by atoms with E-state index in [2.05, 4.69) is 5.32 Å². The molecule has 146 valence electrons. The van der Waals surface area contributed by atoms with Gasteiger partial charge in [-0.05, 0) is 26.0 Å². The molecule has 2 aromatic rings. The summed E-state index contributed by atoms with van der Waals surface area (Å²) in [5, 5.41) is 12.6. The molecule has 0 spiro atoms. The molecule has 27 heavy (non-hydrogen) atoms. The van der Waals surface area contributed by atoms with E-state index in [0.29, 0.717) is 30.0 Å².